The number of aliphatic hydroxyl groups excluding tert-OH is 1. The van der Waals surface area contributed by atoms with Crippen molar-refractivity contribution in [1.29, 1.82) is 5.26 Å². The maximum absolute atomic E-state index is 9.48. The topological polar surface area (TPSA) is 47.3 Å². The monoisotopic (exact) mass is 242 g/mol. The number of likely N-dealkylation sites (tertiary alicyclic amines) is 1. The van der Waals surface area contributed by atoms with Crippen LogP contribution in [0.15, 0.2) is 0 Å². The van der Waals surface area contributed by atoms with E-state index in [1.807, 2.05) is 6.92 Å². The highest BCUT2D eigenvalue weighted by Crippen LogP contribution is 2.20. The quantitative estimate of drug-likeness (QED) is 0.721. The van der Waals surface area contributed by atoms with Gasteiger partial charge in [-0.05, 0) is 57.5 Å². The number of rotatable bonds is 6. The van der Waals surface area contributed by atoms with E-state index in [2.05, 4.69) is 11.0 Å². The molecule has 0 aromatic heterocycles. The Kier molecular flexibility index (Phi) is 6.86. The molecule has 1 fully saturated rings. The average Bonchev–Trinajstić information content (AvgIpc) is 2.29. The van der Waals surface area contributed by atoms with E-state index in [0.717, 1.165) is 38.2 Å². The van der Waals surface area contributed by atoms with Crippen molar-refractivity contribution >= 4 is 11.8 Å². The van der Waals surface area contributed by atoms with E-state index in [9.17, 15) is 5.11 Å². The SMILES string of the molecule is CC(O)C1CCN(CCCSCC#N)CC1. The Balaban J connectivity index is 2.02. The summed E-state index contributed by atoms with van der Waals surface area (Å²) >= 11 is 1.72. The van der Waals surface area contributed by atoms with Crippen LogP contribution >= 0.6 is 11.8 Å². The molecule has 0 aromatic rings. The summed E-state index contributed by atoms with van der Waals surface area (Å²) in [5.41, 5.74) is 0. The van der Waals surface area contributed by atoms with E-state index in [-0.39, 0.29) is 6.10 Å². The molecule has 0 amide bonds. The molecule has 1 heterocycles. The molecule has 0 aromatic carbocycles. The zero-order valence-electron chi connectivity index (χ0n) is 10.1. The molecule has 1 aliphatic rings. The first-order valence-electron chi connectivity index (χ1n) is 6.09. The van der Waals surface area contributed by atoms with Crippen molar-refractivity contribution in [2.24, 2.45) is 5.92 Å². The lowest BCUT2D eigenvalue weighted by Gasteiger charge is -2.33. The predicted octanol–water partition coefficient (Wildman–Crippen LogP) is 1.73. The van der Waals surface area contributed by atoms with Gasteiger partial charge < -0.3 is 10.0 Å². The van der Waals surface area contributed by atoms with E-state index in [4.69, 9.17) is 5.26 Å². The molecule has 3 nitrogen and oxygen atoms in total. The highest BCUT2D eigenvalue weighted by Gasteiger charge is 2.21. The minimum atomic E-state index is -0.145. The molecule has 0 radical (unpaired) electrons. The lowest BCUT2D eigenvalue weighted by molar-refractivity contribution is 0.0721. The van der Waals surface area contributed by atoms with E-state index < -0.39 is 0 Å². The largest absolute Gasteiger partial charge is 0.393 e. The van der Waals surface area contributed by atoms with Crippen molar-refractivity contribution in [3.05, 3.63) is 0 Å². The number of thioether (sulfide) groups is 1. The van der Waals surface area contributed by atoms with Crippen LogP contribution < -0.4 is 0 Å². The molecule has 1 N–H and O–H groups in total. The van der Waals surface area contributed by atoms with Gasteiger partial charge in [-0.15, -0.1) is 11.8 Å². The number of nitriles is 1. The van der Waals surface area contributed by atoms with Crippen molar-refractivity contribution in [2.75, 3.05) is 31.1 Å². The Labute approximate surface area is 103 Å². The Bertz CT molecular complexity index is 220. The van der Waals surface area contributed by atoms with Crippen molar-refractivity contribution in [1.82, 2.24) is 4.90 Å². The summed E-state index contributed by atoms with van der Waals surface area (Å²) in [7, 11) is 0. The molecule has 1 saturated heterocycles. The number of hydrogen-bond acceptors (Lipinski definition) is 4. The first-order valence-corrected chi connectivity index (χ1v) is 7.24. The fraction of sp³-hybridized carbons (Fsp3) is 0.917. The van der Waals surface area contributed by atoms with Crippen LogP contribution in [-0.4, -0.2) is 47.3 Å². The second-order valence-electron chi connectivity index (χ2n) is 4.48. The van der Waals surface area contributed by atoms with Crippen LogP contribution in [0.4, 0.5) is 0 Å². The van der Waals surface area contributed by atoms with E-state index in [0.29, 0.717) is 11.7 Å². The molecule has 16 heavy (non-hydrogen) atoms. The fourth-order valence-corrected chi connectivity index (χ4v) is 2.74. The average molecular weight is 242 g/mol. The van der Waals surface area contributed by atoms with Crippen LogP contribution in [0.25, 0.3) is 0 Å². The van der Waals surface area contributed by atoms with Gasteiger partial charge in [-0.25, -0.2) is 0 Å². The van der Waals surface area contributed by atoms with Crippen LogP contribution in [0.2, 0.25) is 0 Å². The first-order chi connectivity index (χ1) is 7.74. The van der Waals surface area contributed by atoms with Crippen molar-refractivity contribution in [3.8, 4) is 6.07 Å². The molecule has 4 heteroatoms. The number of nitrogens with zero attached hydrogens (tertiary/aromatic N) is 2. The second-order valence-corrected chi connectivity index (χ2v) is 5.59. The lowest BCUT2D eigenvalue weighted by Crippen LogP contribution is -2.37. The summed E-state index contributed by atoms with van der Waals surface area (Å²) in [6.45, 7) is 5.29. The van der Waals surface area contributed by atoms with Crippen molar-refractivity contribution < 1.29 is 5.11 Å². The molecule has 1 rings (SSSR count). The molecule has 0 aliphatic carbocycles. The Morgan fingerprint density at radius 1 is 1.50 bits per heavy atom. The van der Waals surface area contributed by atoms with Gasteiger partial charge in [0.1, 0.15) is 0 Å². The predicted molar refractivity (Wildman–Crippen MR) is 68.4 cm³/mol. The molecule has 0 bridgehead atoms. The highest BCUT2D eigenvalue weighted by molar-refractivity contribution is 7.99. The summed E-state index contributed by atoms with van der Waals surface area (Å²) in [5.74, 6) is 2.21. The van der Waals surface area contributed by atoms with Gasteiger partial charge in [0.05, 0.1) is 17.9 Å². The van der Waals surface area contributed by atoms with Gasteiger partial charge in [-0.1, -0.05) is 0 Å². The smallest absolute Gasteiger partial charge is 0.0808 e. The summed E-state index contributed by atoms with van der Waals surface area (Å²) in [6, 6.07) is 2.15. The molecular formula is C12H22N2OS. The zero-order valence-corrected chi connectivity index (χ0v) is 10.9. The number of aliphatic hydroxyl groups is 1. The summed E-state index contributed by atoms with van der Waals surface area (Å²) in [5, 5.41) is 17.9. The lowest BCUT2D eigenvalue weighted by atomic mass is 9.92. The fourth-order valence-electron chi connectivity index (χ4n) is 2.17. The van der Waals surface area contributed by atoms with Crippen molar-refractivity contribution in [2.45, 2.75) is 32.3 Å². The van der Waals surface area contributed by atoms with Crippen LogP contribution in [0.3, 0.4) is 0 Å². The number of piperidine rings is 1. The second kappa shape index (κ2) is 7.94. The maximum atomic E-state index is 9.48. The summed E-state index contributed by atoms with van der Waals surface area (Å²) in [4.78, 5) is 2.48. The molecule has 1 atom stereocenters. The molecular weight excluding hydrogens is 220 g/mol. The molecule has 0 saturated carbocycles. The van der Waals surface area contributed by atoms with Crippen LogP contribution in [0.1, 0.15) is 26.2 Å². The van der Waals surface area contributed by atoms with E-state index >= 15 is 0 Å². The van der Waals surface area contributed by atoms with Gasteiger partial charge >= 0.3 is 0 Å². The Hall–Kier alpha value is -0.240. The minimum Gasteiger partial charge on any atom is -0.393 e. The first kappa shape index (κ1) is 13.8. The van der Waals surface area contributed by atoms with Gasteiger partial charge in [-0.3, -0.25) is 0 Å². The van der Waals surface area contributed by atoms with Gasteiger partial charge in [0.15, 0.2) is 0 Å². The molecule has 1 aliphatic heterocycles. The van der Waals surface area contributed by atoms with Gasteiger partial charge in [-0.2, -0.15) is 5.26 Å². The van der Waals surface area contributed by atoms with Crippen LogP contribution in [0.5, 0.6) is 0 Å². The summed E-state index contributed by atoms with van der Waals surface area (Å²) < 4.78 is 0. The summed E-state index contributed by atoms with van der Waals surface area (Å²) in [6.07, 6.45) is 3.28. The third-order valence-electron chi connectivity index (χ3n) is 3.24. The van der Waals surface area contributed by atoms with Crippen LogP contribution in [0, 0.1) is 17.2 Å². The van der Waals surface area contributed by atoms with Gasteiger partial charge in [0.25, 0.3) is 0 Å². The number of hydrogen-bond donors (Lipinski definition) is 1. The maximum Gasteiger partial charge on any atom is 0.0808 e. The standard InChI is InChI=1S/C12H22N2OS/c1-11(15)12-3-7-14(8-4-12)6-2-9-16-10-5-13/h11-12,15H,2-4,6-10H2,1H3. The van der Waals surface area contributed by atoms with Gasteiger partial charge in [0, 0.05) is 0 Å². The normalized spacial score (nSPS) is 20.6. The Morgan fingerprint density at radius 2 is 2.19 bits per heavy atom. The molecule has 0 spiro atoms. The zero-order chi connectivity index (χ0) is 11.8. The van der Waals surface area contributed by atoms with Gasteiger partial charge in [0.2, 0.25) is 0 Å². The third-order valence-corrected chi connectivity index (χ3v) is 4.15. The Morgan fingerprint density at radius 3 is 2.75 bits per heavy atom. The highest BCUT2D eigenvalue weighted by atomic mass is 32.2. The third kappa shape index (κ3) is 5.20. The molecule has 92 valence electrons. The van der Waals surface area contributed by atoms with E-state index in [1.54, 1.807) is 11.8 Å². The van der Waals surface area contributed by atoms with Crippen molar-refractivity contribution in [3.63, 3.8) is 0 Å². The van der Waals surface area contributed by atoms with Crippen LogP contribution in [-0.2, 0) is 0 Å². The van der Waals surface area contributed by atoms with E-state index in [1.165, 1.54) is 6.42 Å². The molecule has 1 unspecified atom stereocenters. The minimum absolute atomic E-state index is 0.145.